The third-order valence-corrected chi connectivity index (χ3v) is 9.62. The summed E-state index contributed by atoms with van der Waals surface area (Å²) in [6.07, 6.45) is 5.65. The molecule has 0 saturated heterocycles. The van der Waals surface area contributed by atoms with E-state index < -0.39 is 15.5 Å². The summed E-state index contributed by atoms with van der Waals surface area (Å²) < 4.78 is 39.6. The van der Waals surface area contributed by atoms with Crippen LogP contribution in [0.15, 0.2) is 29.2 Å². The molecule has 0 N–H and O–H groups in total. The van der Waals surface area contributed by atoms with Gasteiger partial charge >= 0.3 is 35.5 Å². The fourth-order valence-electron chi connectivity index (χ4n) is 5.75. The van der Waals surface area contributed by atoms with Crippen LogP contribution in [0.1, 0.15) is 91.5 Å². The second-order valence-electron chi connectivity index (χ2n) is 11.1. The van der Waals surface area contributed by atoms with Gasteiger partial charge in [-0.05, 0) is 87.3 Å². The van der Waals surface area contributed by atoms with E-state index in [0.717, 1.165) is 31.2 Å². The molecule has 0 heterocycles. The minimum absolute atomic E-state index is 0. The number of esters is 1. The molecule has 174 valence electrons. The Kier molecular flexibility index (Phi) is 8.43. The smallest absolute Gasteiger partial charge is 0.744 e. The van der Waals surface area contributed by atoms with Gasteiger partial charge in [0.05, 0.1) is 10.3 Å². The molecule has 2 saturated carbocycles. The Hall–Kier alpha value is -0.400. The van der Waals surface area contributed by atoms with Gasteiger partial charge in [0.15, 0.2) is 0 Å². The summed E-state index contributed by atoms with van der Waals surface area (Å²) >= 11 is 0. The minimum atomic E-state index is -4.44. The zero-order chi connectivity index (χ0) is 23.2. The summed E-state index contributed by atoms with van der Waals surface area (Å²) in [6, 6.07) is 6.17. The number of fused-ring (bicyclic) bond motifs is 2. The molecule has 2 bridgehead atoms. The first-order chi connectivity index (χ1) is 14.2. The van der Waals surface area contributed by atoms with E-state index in [2.05, 4.69) is 27.7 Å². The van der Waals surface area contributed by atoms with Crippen molar-refractivity contribution >= 4 is 16.1 Å². The molecule has 32 heavy (non-hydrogen) atoms. The Bertz CT molecular complexity index is 922. The molecule has 1 aromatic carbocycles. The maximum absolute atomic E-state index is 13.1. The first-order valence-corrected chi connectivity index (χ1v) is 12.9. The van der Waals surface area contributed by atoms with E-state index in [1.54, 1.807) is 12.1 Å². The number of rotatable bonds is 8. The number of hydrogen-bond donors (Lipinski definition) is 0. The summed E-state index contributed by atoms with van der Waals surface area (Å²) in [5.41, 5.74) is 0.660. The van der Waals surface area contributed by atoms with Crippen molar-refractivity contribution in [2.24, 2.45) is 22.2 Å². The minimum Gasteiger partial charge on any atom is -0.744 e. The van der Waals surface area contributed by atoms with Crippen molar-refractivity contribution in [1.82, 2.24) is 0 Å². The SMILES string of the molecule is CCC(CCC(C)(C)C(=O)O[C@H]1C[C@@H]2CCC1(C)C2(C)C)c1ccc(S(=O)(=O)[O-])cc1.[Na+]. The molecule has 1 aromatic rings. The number of benzene rings is 1. The van der Waals surface area contributed by atoms with E-state index in [9.17, 15) is 17.8 Å². The molecular weight excluding hydrogens is 435 g/mol. The van der Waals surface area contributed by atoms with Gasteiger partial charge in [0.2, 0.25) is 0 Å². The zero-order valence-corrected chi connectivity index (χ0v) is 23.6. The molecule has 7 heteroatoms. The van der Waals surface area contributed by atoms with Crippen molar-refractivity contribution in [3.8, 4) is 0 Å². The van der Waals surface area contributed by atoms with Crippen LogP contribution in [-0.2, 0) is 19.6 Å². The van der Waals surface area contributed by atoms with E-state index in [1.165, 1.54) is 18.6 Å². The first-order valence-electron chi connectivity index (χ1n) is 11.5. The Morgan fingerprint density at radius 1 is 1.22 bits per heavy atom. The van der Waals surface area contributed by atoms with Gasteiger partial charge in [-0.15, -0.1) is 0 Å². The summed E-state index contributed by atoms with van der Waals surface area (Å²) in [7, 11) is -4.44. The van der Waals surface area contributed by atoms with Crippen molar-refractivity contribution in [3.63, 3.8) is 0 Å². The van der Waals surface area contributed by atoms with E-state index in [4.69, 9.17) is 4.74 Å². The molecular formula is C25H37NaO5S. The Balaban J connectivity index is 0.00000363. The van der Waals surface area contributed by atoms with Crippen molar-refractivity contribution in [3.05, 3.63) is 29.8 Å². The monoisotopic (exact) mass is 472 g/mol. The molecule has 0 amide bonds. The molecule has 0 spiro atoms. The summed E-state index contributed by atoms with van der Waals surface area (Å²) in [5.74, 6) is 0.697. The quantitative estimate of drug-likeness (QED) is 0.330. The molecule has 5 nitrogen and oxygen atoms in total. The average Bonchev–Trinajstić information content (AvgIpc) is 3.01. The maximum Gasteiger partial charge on any atom is 1.00 e. The van der Waals surface area contributed by atoms with Gasteiger partial charge in [-0.3, -0.25) is 4.79 Å². The Morgan fingerprint density at radius 2 is 1.81 bits per heavy atom. The predicted molar refractivity (Wildman–Crippen MR) is 120 cm³/mol. The van der Waals surface area contributed by atoms with E-state index in [0.29, 0.717) is 12.3 Å². The van der Waals surface area contributed by atoms with Gasteiger partial charge in [0.1, 0.15) is 16.2 Å². The standard InChI is InChI=1S/C25H38O5S.Na/c1-7-17(18-8-10-20(11-9-18)31(27,28)29)12-14-23(2,3)22(26)30-21-16-19-13-15-25(21,6)24(19,4)5;/h8-11,17,19,21H,7,12-16H2,1-6H3,(H,27,28,29);/q;+1/p-1/t17?,19-,21-,25?;/m0./s1. The average molecular weight is 473 g/mol. The Morgan fingerprint density at radius 3 is 2.25 bits per heavy atom. The van der Waals surface area contributed by atoms with Crippen LogP contribution >= 0.6 is 0 Å². The molecule has 0 aromatic heterocycles. The second kappa shape index (κ2) is 9.69. The largest absolute Gasteiger partial charge is 1.00 e. The van der Waals surface area contributed by atoms with Gasteiger partial charge in [-0.25, -0.2) is 8.42 Å². The van der Waals surface area contributed by atoms with E-state index >= 15 is 0 Å². The number of hydrogen-bond acceptors (Lipinski definition) is 5. The maximum atomic E-state index is 13.1. The van der Waals surface area contributed by atoms with Crippen LogP contribution in [0.2, 0.25) is 0 Å². The van der Waals surface area contributed by atoms with E-state index in [1.807, 2.05) is 13.8 Å². The van der Waals surface area contributed by atoms with Crippen LogP contribution < -0.4 is 29.6 Å². The molecule has 2 aliphatic carbocycles. The molecule has 3 rings (SSSR count). The second-order valence-corrected chi connectivity index (χ2v) is 12.4. The summed E-state index contributed by atoms with van der Waals surface area (Å²) in [5, 5.41) is 0. The van der Waals surface area contributed by atoms with Crippen LogP contribution in [0.5, 0.6) is 0 Å². The number of ether oxygens (including phenoxy) is 1. The predicted octanol–water partition coefficient (Wildman–Crippen LogP) is 2.65. The van der Waals surface area contributed by atoms with Crippen LogP contribution in [0.3, 0.4) is 0 Å². The van der Waals surface area contributed by atoms with Gasteiger partial charge < -0.3 is 9.29 Å². The first kappa shape index (κ1) is 27.8. The fourth-order valence-corrected chi connectivity index (χ4v) is 6.22. The Labute approximate surface area is 216 Å². The normalized spacial score (nSPS) is 27.6. The topological polar surface area (TPSA) is 83.5 Å². The molecule has 2 aliphatic rings. The van der Waals surface area contributed by atoms with Crippen LogP contribution in [0.4, 0.5) is 0 Å². The van der Waals surface area contributed by atoms with Gasteiger partial charge in [0, 0.05) is 5.41 Å². The molecule has 0 radical (unpaired) electrons. The summed E-state index contributed by atoms with van der Waals surface area (Å²) in [4.78, 5) is 12.9. The molecule has 2 unspecified atom stereocenters. The number of carbonyl (C=O) groups excluding carboxylic acids is 1. The van der Waals surface area contributed by atoms with Crippen molar-refractivity contribution in [2.45, 2.75) is 97.0 Å². The van der Waals surface area contributed by atoms with Gasteiger partial charge in [-0.1, -0.05) is 39.8 Å². The third kappa shape index (κ3) is 5.14. The van der Waals surface area contributed by atoms with Crippen LogP contribution in [-0.4, -0.2) is 25.0 Å². The molecule has 2 fully saturated rings. The van der Waals surface area contributed by atoms with Crippen LogP contribution in [0.25, 0.3) is 0 Å². The van der Waals surface area contributed by atoms with Gasteiger partial charge in [0.25, 0.3) is 0 Å². The van der Waals surface area contributed by atoms with Crippen molar-refractivity contribution < 1.29 is 52.1 Å². The van der Waals surface area contributed by atoms with Gasteiger partial charge in [-0.2, -0.15) is 0 Å². The van der Waals surface area contributed by atoms with Crippen molar-refractivity contribution in [1.29, 1.82) is 0 Å². The zero-order valence-electron chi connectivity index (χ0n) is 20.7. The van der Waals surface area contributed by atoms with Crippen LogP contribution in [0, 0.1) is 22.2 Å². The number of carbonyl (C=O) groups is 1. The molecule has 4 atom stereocenters. The van der Waals surface area contributed by atoms with E-state index in [-0.39, 0.29) is 63.3 Å². The van der Waals surface area contributed by atoms with Crippen molar-refractivity contribution in [2.75, 3.05) is 0 Å². The fraction of sp³-hybridized carbons (Fsp3) is 0.720. The molecule has 0 aliphatic heterocycles. The summed E-state index contributed by atoms with van der Waals surface area (Å²) in [6.45, 7) is 12.9. The third-order valence-electron chi connectivity index (χ3n) is 8.77.